The fraction of sp³-hybridized carbons (Fsp3) is 0.533. The van der Waals surface area contributed by atoms with Crippen molar-refractivity contribution in [1.29, 1.82) is 0 Å². The number of rotatable bonds is 3. The van der Waals surface area contributed by atoms with Crippen LogP contribution < -0.4 is 10.2 Å². The molecule has 3 heterocycles. The number of nitrogens with one attached hydrogen (secondary N) is 1. The standard InChI is InChI=1S/C15H16F3N5O/c16-15(17,18)14(4-5-14)21-13(24)10-9-19-23-8-3-11(20-12(10)23)22-6-1-2-7-22/h3,8-9H,1-2,4-7H2,(H,21,24). The molecule has 0 unspecified atom stereocenters. The molecule has 1 aliphatic heterocycles. The first kappa shape index (κ1) is 15.2. The monoisotopic (exact) mass is 339 g/mol. The van der Waals surface area contributed by atoms with E-state index in [1.165, 1.54) is 10.7 Å². The molecule has 9 heteroatoms. The Hall–Kier alpha value is -2.32. The average molecular weight is 339 g/mol. The highest BCUT2D eigenvalue weighted by Gasteiger charge is 2.64. The summed E-state index contributed by atoms with van der Waals surface area (Å²) >= 11 is 0. The number of halogens is 3. The summed E-state index contributed by atoms with van der Waals surface area (Å²) in [6.45, 7) is 1.77. The smallest absolute Gasteiger partial charge is 0.357 e. The summed E-state index contributed by atoms with van der Waals surface area (Å²) in [5.74, 6) is -0.0718. The van der Waals surface area contributed by atoms with Crippen molar-refractivity contribution in [2.45, 2.75) is 37.4 Å². The molecule has 2 aliphatic rings. The van der Waals surface area contributed by atoms with Crippen molar-refractivity contribution in [1.82, 2.24) is 19.9 Å². The summed E-state index contributed by atoms with van der Waals surface area (Å²) in [5, 5.41) is 6.13. The van der Waals surface area contributed by atoms with Crippen LogP contribution in [0.1, 0.15) is 36.0 Å². The van der Waals surface area contributed by atoms with Gasteiger partial charge in [-0.1, -0.05) is 0 Å². The third kappa shape index (κ3) is 2.38. The molecule has 2 aromatic heterocycles. The number of hydrogen-bond donors (Lipinski definition) is 1. The van der Waals surface area contributed by atoms with Crippen LogP contribution in [0.5, 0.6) is 0 Å². The second-order valence-electron chi connectivity index (χ2n) is 6.34. The van der Waals surface area contributed by atoms with E-state index in [-0.39, 0.29) is 24.1 Å². The molecule has 0 aromatic carbocycles. The highest BCUT2D eigenvalue weighted by molar-refractivity contribution is 6.00. The maximum absolute atomic E-state index is 13.0. The molecule has 0 atom stereocenters. The molecule has 1 aliphatic carbocycles. The molecule has 0 radical (unpaired) electrons. The van der Waals surface area contributed by atoms with Gasteiger partial charge in [-0.3, -0.25) is 4.79 Å². The van der Waals surface area contributed by atoms with Gasteiger partial charge in [-0.25, -0.2) is 9.50 Å². The number of carbonyl (C=O) groups excluding carboxylic acids is 1. The van der Waals surface area contributed by atoms with Gasteiger partial charge in [-0.05, 0) is 31.7 Å². The van der Waals surface area contributed by atoms with Gasteiger partial charge in [0.15, 0.2) is 5.65 Å². The lowest BCUT2D eigenvalue weighted by atomic mass is 10.2. The Bertz CT molecular complexity index is 790. The van der Waals surface area contributed by atoms with Gasteiger partial charge >= 0.3 is 6.18 Å². The largest absolute Gasteiger partial charge is 0.411 e. The van der Waals surface area contributed by atoms with E-state index in [4.69, 9.17) is 0 Å². The maximum Gasteiger partial charge on any atom is 0.411 e. The van der Waals surface area contributed by atoms with Gasteiger partial charge in [0.2, 0.25) is 0 Å². The van der Waals surface area contributed by atoms with Gasteiger partial charge in [0.05, 0.1) is 6.20 Å². The lowest BCUT2D eigenvalue weighted by Gasteiger charge is -2.20. The van der Waals surface area contributed by atoms with Crippen LogP contribution in [0.25, 0.3) is 5.65 Å². The Kier molecular flexibility index (Phi) is 3.23. The van der Waals surface area contributed by atoms with Crippen LogP contribution in [0.4, 0.5) is 19.0 Å². The highest BCUT2D eigenvalue weighted by Crippen LogP contribution is 2.49. The quantitative estimate of drug-likeness (QED) is 0.931. The Labute approximate surface area is 135 Å². The Morgan fingerprint density at radius 2 is 1.96 bits per heavy atom. The fourth-order valence-electron chi connectivity index (χ4n) is 3.03. The van der Waals surface area contributed by atoms with E-state index in [1.54, 1.807) is 12.3 Å². The summed E-state index contributed by atoms with van der Waals surface area (Å²) in [6.07, 6.45) is 0.462. The number of hydrogen-bond acceptors (Lipinski definition) is 4. The van der Waals surface area contributed by atoms with Crippen LogP contribution in [-0.2, 0) is 0 Å². The Morgan fingerprint density at radius 3 is 2.58 bits per heavy atom. The lowest BCUT2D eigenvalue weighted by Crippen LogP contribution is -2.47. The van der Waals surface area contributed by atoms with Crippen molar-refractivity contribution in [2.24, 2.45) is 0 Å². The second-order valence-corrected chi connectivity index (χ2v) is 6.34. The predicted octanol–water partition coefficient (Wildman–Crippen LogP) is 2.15. The number of carbonyl (C=O) groups is 1. The summed E-state index contributed by atoms with van der Waals surface area (Å²) < 4.78 is 40.5. The fourth-order valence-corrected chi connectivity index (χ4v) is 3.03. The number of anilines is 1. The summed E-state index contributed by atoms with van der Waals surface area (Å²) in [4.78, 5) is 18.9. The first-order valence-corrected chi connectivity index (χ1v) is 7.88. The van der Waals surface area contributed by atoms with Gasteiger partial charge in [-0.2, -0.15) is 18.3 Å². The SMILES string of the molecule is O=C(NC1(C(F)(F)F)CC1)c1cnn2ccc(N3CCCC3)nc12. The topological polar surface area (TPSA) is 62.5 Å². The molecule has 0 bridgehead atoms. The first-order valence-electron chi connectivity index (χ1n) is 7.88. The third-order valence-electron chi connectivity index (χ3n) is 4.67. The molecule has 2 aromatic rings. The molecule has 1 saturated carbocycles. The van der Waals surface area contributed by atoms with Gasteiger partial charge < -0.3 is 10.2 Å². The molecule has 1 N–H and O–H groups in total. The van der Waals surface area contributed by atoms with Crippen LogP contribution in [0.15, 0.2) is 18.5 Å². The van der Waals surface area contributed by atoms with Gasteiger partial charge in [0, 0.05) is 19.3 Å². The number of amides is 1. The van der Waals surface area contributed by atoms with Crippen molar-refractivity contribution in [2.75, 3.05) is 18.0 Å². The second kappa shape index (κ2) is 5.09. The molecular weight excluding hydrogens is 323 g/mol. The first-order chi connectivity index (χ1) is 11.4. The van der Waals surface area contributed by atoms with Gasteiger partial charge in [0.25, 0.3) is 5.91 Å². The van der Waals surface area contributed by atoms with Crippen LogP contribution in [-0.4, -0.2) is 45.3 Å². The molecular formula is C15H16F3N5O. The molecule has 6 nitrogen and oxygen atoms in total. The van der Waals surface area contributed by atoms with E-state index < -0.39 is 17.6 Å². The van der Waals surface area contributed by atoms with Crippen molar-refractivity contribution in [3.63, 3.8) is 0 Å². The number of fused-ring (bicyclic) bond motifs is 1. The number of nitrogens with zero attached hydrogens (tertiary/aromatic N) is 4. The molecule has 0 spiro atoms. The van der Waals surface area contributed by atoms with E-state index >= 15 is 0 Å². The minimum Gasteiger partial charge on any atom is -0.357 e. The third-order valence-corrected chi connectivity index (χ3v) is 4.67. The molecule has 4 rings (SSSR count). The average Bonchev–Trinajstić information content (AvgIpc) is 3.00. The molecule has 128 valence electrons. The normalized spacial score (nSPS) is 19.7. The van der Waals surface area contributed by atoms with E-state index in [2.05, 4.69) is 20.3 Å². The predicted molar refractivity (Wildman–Crippen MR) is 79.9 cm³/mol. The van der Waals surface area contributed by atoms with Crippen LogP contribution in [0, 0.1) is 0 Å². The minimum atomic E-state index is -4.44. The van der Waals surface area contributed by atoms with Crippen LogP contribution in [0.2, 0.25) is 0 Å². The Morgan fingerprint density at radius 1 is 1.25 bits per heavy atom. The Balaban J connectivity index is 1.64. The van der Waals surface area contributed by atoms with Crippen LogP contribution in [0.3, 0.4) is 0 Å². The zero-order valence-electron chi connectivity index (χ0n) is 12.8. The van der Waals surface area contributed by atoms with Gasteiger partial charge in [-0.15, -0.1) is 0 Å². The summed E-state index contributed by atoms with van der Waals surface area (Å²) in [7, 11) is 0. The van der Waals surface area contributed by atoms with Crippen molar-refractivity contribution in [3.05, 3.63) is 24.0 Å². The summed E-state index contributed by atoms with van der Waals surface area (Å²) in [6, 6.07) is 1.80. The van der Waals surface area contributed by atoms with E-state index in [0.29, 0.717) is 5.82 Å². The van der Waals surface area contributed by atoms with Crippen molar-refractivity contribution in [3.8, 4) is 0 Å². The molecule has 1 saturated heterocycles. The highest BCUT2D eigenvalue weighted by atomic mass is 19.4. The van der Waals surface area contributed by atoms with Crippen LogP contribution >= 0.6 is 0 Å². The lowest BCUT2D eigenvalue weighted by molar-refractivity contribution is -0.163. The molecule has 2 fully saturated rings. The van der Waals surface area contributed by atoms with E-state index in [1.807, 2.05) is 0 Å². The molecule has 1 amide bonds. The zero-order valence-corrected chi connectivity index (χ0v) is 12.8. The van der Waals surface area contributed by atoms with E-state index in [9.17, 15) is 18.0 Å². The summed E-state index contributed by atoms with van der Waals surface area (Å²) in [5.41, 5.74) is -1.76. The van der Waals surface area contributed by atoms with Crippen molar-refractivity contribution < 1.29 is 18.0 Å². The van der Waals surface area contributed by atoms with E-state index in [0.717, 1.165) is 25.9 Å². The molecule has 24 heavy (non-hydrogen) atoms. The zero-order chi connectivity index (χ0) is 16.9. The van der Waals surface area contributed by atoms with Gasteiger partial charge in [0.1, 0.15) is 16.9 Å². The minimum absolute atomic E-state index is 0.0616. The van der Waals surface area contributed by atoms with Crippen molar-refractivity contribution >= 4 is 17.4 Å². The maximum atomic E-state index is 13.0. The number of aromatic nitrogens is 3. The number of alkyl halides is 3.